The van der Waals surface area contributed by atoms with Crippen LogP contribution in [-0.4, -0.2) is 43.1 Å². The molecule has 3 rings (SSSR count). The summed E-state index contributed by atoms with van der Waals surface area (Å²) in [5.74, 6) is -1.40. The van der Waals surface area contributed by atoms with Crippen LogP contribution in [0.25, 0.3) is 0 Å². The molecular formula is C16H17FN4O3S. The number of aryl methyl sites for hydroxylation is 1. The number of aromatic nitrogens is 1. The Morgan fingerprint density at radius 1 is 1.16 bits per heavy atom. The molecule has 1 aromatic heterocycles. The van der Waals surface area contributed by atoms with Gasteiger partial charge in [-0.3, -0.25) is 20.4 Å². The van der Waals surface area contributed by atoms with Gasteiger partial charge in [-0.15, -0.1) is 0 Å². The van der Waals surface area contributed by atoms with Gasteiger partial charge in [0.05, 0.1) is 18.9 Å². The van der Waals surface area contributed by atoms with Gasteiger partial charge in [0.15, 0.2) is 5.13 Å². The number of ether oxygens (including phenoxy) is 1. The van der Waals surface area contributed by atoms with E-state index >= 15 is 0 Å². The van der Waals surface area contributed by atoms with Crippen LogP contribution in [0.1, 0.15) is 25.7 Å². The first-order chi connectivity index (χ1) is 12.0. The lowest BCUT2D eigenvalue weighted by Gasteiger charge is -2.25. The number of benzene rings is 1. The average molecular weight is 364 g/mol. The Morgan fingerprint density at radius 2 is 1.80 bits per heavy atom. The molecule has 1 aliphatic rings. The van der Waals surface area contributed by atoms with Crippen molar-refractivity contribution in [1.82, 2.24) is 15.8 Å². The second kappa shape index (κ2) is 7.58. The Labute approximate surface area is 147 Å². The van der Waals surface area contributed by atoms with E-state index in [1.54, 1.807) is 6.92 Å². The highest BCUT2D eigenvalue weighted by Crippen LogP contribution is 2.26. The van der Waals surface area contributed by atoms with Gasteiger partial charge in [0.25, 0.3) is 11.8 Å². The molecule has 0 atom stereocenters. The van der Waals surface area contributed by atoms with Gasteiger partial charge in [-0.1, -0.05) is 11.3 Å². The van der Waals surface area contributed by atoms with Crippen LogP contribution in [0.4, 0.5) is 9.52 Å². The molecule has 132 valence electrons. The third-order valence-corrected chi connectivity index (χ3v) is 4.89. The second-order valence-corrected chi connectivity index (χ2v) is 6.40. The molecule has 25 heavy (non-hydrogen) atoms. The first kappa shape index (κ1) is 17.3. The highest BCUT2D eigenvalue weighted by Gasteiger charge is 2.20. The monoisotopic (exact) mass is 364 g/mol. The Morgan fingerprint density at radius 3 is 2.48 bits per heavy atom. The van der Waals surface area contributed by atoms with E-state index in [1.807, 2.05) is 0 Å². The van der Waals surface area contributed by atoms with Crippen LogP contribution in [0, 0.1) is 12.7 Å². The Balaban J connectivity index is 1.62. The molecule has 0 saturated carbocycles. The van der Waals surface area contributed by atoms with Gasteiger partial charge in [-0.05, 0) is 31.2 Å². The number of amides is 2. The van der Waals surface area contributed by atoms with Crippen molar-refractivity contribution in [3.8, 4) is 0 Å². The molecule has 1 aliphatic heterocycles. The summed E-state index contributed by atoms with van der Waals surface area (Å²) in [4.78, 5) is 31.2. The number of anilines is 1. The highest BCUT2D eigenvalue weighted by atomic mass is 32.1. The predicted octanol–water partition coefficient (Wildman–Crippen LogP) is 1.50. The second-order valence-electron chi connectivity index (χ2n) is 5.43. The van der Waals surface area contributed by atoms with E-state index < -0.39 is 17.6 Å². The van der Waals surface area contributed by atoms with Gasteiger partial charge >= 0.3 is 0 Å². The number of carbonyl (C=O) groups is 2. The quantitative estimate of drug-likeness (QED) is 0.807. The van der Waals surface area contributed by atoms with Crippen molar-refractivity contribution in [2.75, 3.05) is 31.2 Å². The number of morpholine rings is 1. The molecule has 2 aromatic rings. The van der Waals surface area contributed by atoms with Crippen LogP contribution >= 0.6 is 11.3 Å². The van der Waals surface area contributed by atoms with Gasteiger partial charge in [0, 0.05) is 18.7 Å². The number of halogens is 1. The summed E-state index contributed by atoms with van der Waals surface area (Å²) in [7, 11) is 0. The minimum absolute atomic E-state index is 0.247. The number of rotatable bonds is 3. The number of thiazole rings is 1. The van der Waals surface area contributed by atoms with Gasteiger partial charge < -0.3 is 9.64 Å². The maximum atomic E-state index is 12.9. The van der Waals surface area contributed by atoms with E-state index in [9.17, 15) is 14.0 Å². The number of hydrogen-bond donors (Lipinski definition) is 2. The van der Waals surface area contributed by atoms with E-state index in [1.165, 1.54) is 35.6 Å². The van der Waals surface area contributed by atoms with E-state index in [-0.39, 0.29) is 5.56 Å². The summed E-state index contributed by atoms with van der Waals surface area (Å²) >= 11 is 1.27. The van der Waals surface area contributed by atoms with Crippen LogP contribution in [0.3, 0.4) is 0 Å². The molecule has 0 bridgehead atoms. The molecule has 0 aliphatic carbocycles. The SMILES string of the molecule is Cc1nc(N2CCOCC2)sc1C(=O)NNC(=O)c1ccc(F)cc1. The summed E-state index contributed by atoms with van der Waals surface area (Å²) in [6, 6.07) is 5.04. The van der Waals surface area contributed by atoms with Crippen LogP contribution in [0.15, 0.2) is 24.3 Å². The Hall–Kier alpha value is -2.52. The van der Waals surface area contributed by atoms with E-state index in [2.05, 4.69) is 20.7 Å². The van der Waals surface area contributed by atoms with E-state index in [0.29, 0.717) is 23.8 Å². The van der Waals surface area contributed by atoms with Crippen LogP contribution < -0.4 is 15.8 Å². The molecular weight excluding hydrogens is 347 g/mol. The van der Waals surface area contributed by atoms with Crippen molar-refractivity contribution in [3.63, 3.8) is 0 Å². The number of hydrazine groups is 1. The fourth-order valence-electron chi connectivity index (χ4n) is 2.33. The molecule has 2 amide bonds. The van der Waals surface area contributed by atoms with Crippen LogP contribution in [0.2, 0.25) is 0 Å². The number of nitrogens with zero attached hydrogens (tertiary/aromatic N) is 2. The molecule has 2 N–H and O–H groups in total. The van der Waals surface area contributed by atoms with Crippen molar-refractivity contribution in [3.05, 3.63) is 46.2 Å². The lowest BCUT2D eigenvalue weighted by atomic mass is 10.2. The summed E-state index contributed by atoms with van der Waals surface area (Å²) in [6.45, 7) is 4.48. The average Bonchev–Trinajstić information content (AvgIpc) is 3.02. The van der Waals surface area contributed by atoms with Crippen molar-refractivity contribution in [2.45, 2.75) is 6.92 Å². The van der Waals surface area contributed by atoms with E-state index in [4.69, 9.17) is 4.74 Å². The van der Waals surface area contributed by atoms with Crippen molar-refractivity contribution >= 4 is 28.3 Å². The molecule has 1 saturated heterocycles. The Bertz CT molecular complexity index is 772. The Kier molecular flexibility index (Phi) is 5.25. The predicted molar refractivity (Wildman–Crippen MR) is 91.2 cm³/mol. The molecule has 0 unspecified atom stereocenters. The van der Waals surface area contributed by atoms with Gasteiger partial charge in [0.2, 0.25) is 0 Å². The summed E-state index contributed by atoms with van der Waals surface area (Å²) in [5, 5.41) is 0.760. The fraction of sp³-hybridized carbons (Fsp3) is 0.312. The van der Waals surface area contributed by atoms with Crippen molar-refractivity contribution < 1.29 is 18.7 Å². The normalized spacial score (nSPS) is 14.2. The zero-order valence-electron chi connectivity index (χ0n) is 13.5. The molecule has 0 spiro atoms. The first-order valence-corrected chi connectivity index (χ1v) is 8.52. The zero-order valence-corrected chi connectivity index (χ0v) is 14.4. The lowest BCUT2D eigenvalue weighted by Crippen LogP contribution is -2.41. The zero-order chi connectivity index (χ0) is 17.8. The summed E-state index contributed by atoms with van der Waals surface area (Å²) in [5.41, 5.74) is 5.53. The largest absolute Gasteiger partial charge is 0.378 e. The maximum Gasteiger partial charge on any atom is 0.281 e. The molecule has 0 radical (unpaired) electrons. The van der Waals surface area contributed by atoms with Crippen molar-refractivity contribution in [1.29, 1.82) is 0 Å². The minimum Gasteiger partial charge on any atom is -0.378 e. The van der Waals surface area contributed by atoms with Gasteiger partial charge in [-0.25, -0.2) is 9.37 Å². The first-order valence-electron chi connectivity index (χ1n) is 7.71. The lowest BCUT2D eigenvalue weighted by molar-refractivity contribution is 0.0848. The highest BCUT2D eigenvalue weighted by molar-refractivity contribution is 7.17. The summed E-state index contributed by atoms with van der Waals surface area (Å²) in [6.07, 6.45) is 0. The van der Waals surface area contributed by atoms with Crippen LogP contribution in [-0.2, 0) is 4.74 Å². The number of nitrogens with one attached hydrogen (secondary N) is 2. The fourth-order valence-corrected chi connectivity index (χ4v) is 3.34. The topological polar surface area (TPSA) is 83.6 Å². The number of hydrogen-bond acceptors (Lipinski definition) is 6. The molecule has 1 aromatic carbocycles. The summed E-state index contributed by atoms with van der Waals surface area (Å²) < 4.78 is 18.2. The smallest absolute Gasteiger partial charge is 0.281 e. The number of carbonyl (C=O) groups excluding carboxylic acids is 2. The van der Waals surface area contributed by atoms with Gasteiger partial charge in [0.1, 0.15) is 10.7 Å². The third kappa shape index (κ3) is 4.12. The van der Waals surface area contributed by atoms with E-state index in [0.717, 1.165) is 18.2 Å². The molecule has 7 nitrogen and oxygen atoms in total. The molecule has 9 heteroatoms. The standard InChI is InChI=1S/C16H17FN4O3S/c1-10-13(25-16(18-10)21-6-8-24-9-7-21)15(23)20-19-14(22)11-2-4-12(17)5-3-11/h2-5H,6-9H2,1H3,(H,19,22)(H,20,23). The molecule has 1 fully saturated rings. The molecule has 2 heterocycles. The van der Waals surface area contributed by atoms with Crippen LogP contribution in [0.5, 0.6) is 0 Å². The minimum atomic E-state index is -0.524. The van der Waals surface area contributed by atoms with Crippen molar-refractivity contribution in [2.24, 2.45) is 0 Å². The third-order valence-electron chi connectivity index (χ3n) is 3.67. The maximum absolute atomic E-state index is 12.9. The van der Waals surface area contributed by atoms with Gasteiger partial charge in [-0.2, -0.15) is 0 Å².